The topological polar surface area (TPSA) is 75.3 Å². The van der Waals surface area contributed by atoms with Gasteiger partial charge in [0.05, 0.1) is 19.5 Å². The van der Waals surface area contributed by atoms with Crippen LogP contribution in [0.25, 0.3) is 0 Å². The van der Waals surface area contributed by atoms with Crippen molar-refractivity contribution < 1.29 is 9.90 Å². The van der Waals surface area contributed by atoms with E-state index >= 15 is 0 Å². The van der Waals surface area contributed by atoms with Crippen molar-refractivity contribution in [3.8, 4) is 17.6 Å². The van der Waals surface area contributed by atoms with Crippen LogP contribution in [0.3, 0.4) is 0 Å². The smallest absolute Gasteiger partial charge is 0.224 e. The summed E-state index contributed by atoms with van der Waals surface area (Å²) >= 11 is 1.55. The molecule has 0 radical (unpaired) electrons. The first-order valence-corrected chi connectivity index (χ1v) is 7.37. The van der Waals surface area contributed by atoms with Crippen LogP contribution in [0.4, 0.5) is 0 Å². The van der Waals surface area contributed by atoms with Crippen LogP contribution >= 0.6 is 11.3 Å². The lowest BCUT2D eigenvalue weighted by Gasteiger charge is -2.05. The Balaban J connectivity index is 1.91. The highest BCUT2D eigenvalue weighted by Crippen LogP contribution is 2.16. The second kappa shape index (κ2) is 7.48. The average Bonchev–Trinajstić information content (AvgIpc) is 2.90. The molecule has 0 aliphatic carbocycles. The molecule has 1 heterocycles. The molecule has 4 N–H and O–H groups in total. The lowest BCUT2D eigenvalue weighted by molar-refractivity contribution is -0.120. The molecule has 0 aliphatic heterocycles. The van der Waals surface area contributed by atoms with Gasteiger partial charge in [-0.3, -0.25) is 4.79 Å². The molecule has 21 heavy (non-hydrogen) atoms. The number of hydrogen-bond acceptors (Lipinski definition) is 4. The Kier molecular flexibility index (Phi) is 5.38. The normalized spacial score (nSPS) is 9.76. The summed E-state index contributed by atoms with van der Waals surface area (Å²) in [4.78, 5) is 12.9. The average molecular weight is 300 g/mol. The van der Waals surface area contributed by atoms with Gasteiger partial charge in [-0.05, 0) is 29.1 Å². The van der Waals surface area contributed by atoms with Crippen molar-refractivity contribution >= 4 is 17.2 Å². The maximum absolute atomic E-state index is 11.9. The van der Waals surface area contributed by atoms with Crippen molar-refractivity contribution in [3.63, 3.8) is 0 Å². The van der Waals surface area contributed by atoms with Gasteiger partial charge in [0.25, 0.3) is 0 Å². The summed E-state index contributed by atoms with van der Waals surface area (Å²) in [5.74, 6) is 5.87. The molecule has 0 saturated heterocycles. The number of thiophene rings is 1. The predicted molar refractivity (Wildman–Crippen MR) is 83.9 cm³/mol. The SMILES string of the molecule is NCC#Cc1ccsc1CNC(=O)Cc1cccc(O)c1. The Morgan fingerprint density at radius 1 is 1.38 bits per heavy atom. The number of nitrogens with one attached hydrogen (secondary N) is 1. The highest BCUT2D eigenvalue weighted by atomic mass is 32.1. The molecule has 1 amide bonds. The molecular formula is C16H16N2O2S. The van der Waals surface area contributed by atoms with Crippen molar-refractivity contribution in [2.45, 2.75) is 13.0 Å². The van der Waals surface area contributed by atoms with Crippen LogP contribution in [0.5, 0.6) is 5.75 Å². The molecule has 1 aromatic heterocycles. The molecule has 108 valence electrons. The highest BCUT2D eigenvalue weighted by molar-refractivity contribution is 7.10. The van der Waals surface area contributed by atoms with Crippen LogP contribution in [0.1, 0.15) is 16.0 Å². The monoisotopic (exact) mass is 300 g/mol. The molecule has 1 aromatic carbocycles. The molecule has 4 nitrogen and oxygen atoms in total. The molecule has 2 rings (SSSR count). The maximum atomic E-state index is 11.9. The van der Waals surface area contributed by atoms with Crippen LogP contribution in [-0.2, 0) is 17.8 Å². The standard InChI is InChI=1S/C16H16N2O2S/c17-7-2-4-13-6-8-21-15(13)11-18-16(20)10-12-3-1-5-14(19)9-12/h1,3,5-6,8-9,19H,7,10-11,17H2,(H,18,20). The Bertz CT molecular complexity index is 683. The van der Waals surface area contributed by atoms with Crippen LogP contribution < -0.4 is 11.1 Å². The van der Waals surface area contributed by atoms with E-state index in [0.717, 1.165) is 16.0 Å². The van der Waals surface area contributed by atoms with E-state index in [2.05, 4.69) is 17.2 Å². The fraction of sp³-hybridized carbons (Fsp3) is 0.188. The van der Waals surface area contributed by atoms with E-state index in [4.69, 9.17) is 5.73 Å². The van der Waals surface area contributed by atoms with Crippen molar-refractivity contribution in [2.75, 3.05) is 6.54 Å². The minimum absolute atomic E-state index is 0.0910. The zero-order valence-electron chi connectivity index (χ0n) is 11.4. The van der Waals surface area contributed by atoms with Gasteiger partial charge in [0.1, 0.15) is 5.75 Å². The lowest BCUT2D eigenvalue weighted by Crippen LogP contribution is -2.24. The Morgan fingerprint density at radius 2 is 2.24 bits per heavy atom. The second-order valence-corrected chi connectivity index (χ2v) is 5.39. The van der Waals surface area contributed by atoms with Crippen LogP contribution in [0.2, 0.25) is 0 Å². The van der Waals surface area contributed by atoms with E-state index in [1.807, 2.05) is 17.5 Å². The second-order valence-electron chi connectivity index (χ2n) is 4.39. The molecule has 2 aromatic rings. The number of rotatable bonds is 4. The van der Waals surface area contributed by atoms with Crippen LogP contribution in [0, 0.1) is 11.8 Å². The first-order valence-electron chi connectivity index (χ1n) is 6.49. The zero-order chi connectivity index (χ0) is 15.1. The van der Waals surface area contributed by atoms with Gasteiger partial charge in [0, 0.05) is 10.4 Å². The van der Waals surface area contributed by atoms with Gasteiger partial charge in [0.15, 0.2) is 0 Å². The summed E-state index contributed by atoms with van der Waals surface area (Å²) in [6.07, 6.45) is 0.240. The number of carbonyl (C=O) groups is 1. The van der Waals surface area contributed by atoms with Crippen molar-refractivity contribution in [1.82, 2.24) is 5.32 Å². The molecule has 0 bridgehead atoms. The lowest BCUT2D eigenvalue weighted by atomic mass is 10.1. The van der Waals surface area contributed by atoms with Gasteiger partial charge < -0.3 is 16.2 Å². The number of phenolic OH excluding ortho intramolecular Hbond substituents is 1. The van der Waals surface area contributed by atoms with Crippen LogP contribution in [-0.4, -0.2) is 17.6 Å². The third-order valence-electron chi connectivity index (χ3n) is 2.79. The zero-order valence-corrected chi connectivity index (χ0v) is 12.2. The van der Waals surface area contributed by atoms with Crippen molar-refractivity contribution in [3.05, 3.63) is 51.7 Å². The van der Waals surface area contributed by atoms with Gasteiger partial charge in [-0.2, -0.15) is 0 Å². The third-order valence-corrected chi connectivity index (χ3v) is 3.71. The first kappa shape index (κ1) is 15.1. The highest BCUT2D eigenvalue weighted by Gasteiger charge is 2.06. The number of carbonyl (C=O) groups excluding carboxylic acids is 1. The van der Waals surface area contributed by atoms with E-state index in [-0.39, 0.29) is 18.1 Å². The van der Waals surface area contributed by atoms with E-state index in [1.54, 1.807) is 29.5 Å². The van der Waals surface area contributed by atoms with Crippen molar-refractivity contribution in [1.29, 1.82) is 0 Å². The Morgan fingerprint density at radius 3 is 3.00 bits per heavy atom. The van der Waals surface area contributed by atoms with Gasteiger partial charge in [-0.1, -0.05) is 24.0 Å². The van der Waals surface area contributed by atoms with Gasteiger partial charge in [0.2, 0.25) is 5.91 Å². The fourth-order valence-electron chi connectivity index (χ4n) is 1.83. The first-order chi connectivity index (χ1) is 10.2. The summed E-state index contributed by atoms with van der Waals surface area (Å²) in [6, 6.07) is 8.61. The summed E-state index contributed by atoms with van der Waals surface area (Å²) in [5.41, 5.74) is 7.04. The van der Waals surface area contributed by atoms with E-state index < -0.39 is 0 Å². The van der Waals surface area contributed by atoms with Crippen molar-refractivity contribution in [2.24, 2.45) is 5.73 Å². The Labute approximate surface area is 127 Å². The van der Waals surface area contributed by atoms with Crippen LogP contribution in [0.15, 0.2) is 35.7 Å². The molecule has 0 fully saturated rings. The summed E-state index contributed by atoms with van der Waals surface area (Å²) < 4.78 is 0. The molecule has 0 atom stereocenters. The van der Waals surface area contributed by atoms with E-state index in [0.29, 0.717) is 13.1 Å². The Hall–Kier alpha value is -2.29. The number of amides is 1. The van der Waals surface area contributed by atoms with E-state index in [1.165, 1.54) is 0 Å². The number of benzene rings is 1. The predicted octanol–water partition coefficient (Wildman–Crippen LogP) is 1.62. The van der Waals surface area contributed by atoms with Gasteiger partial charge in [-0.25, -0.2) is 0 Å². The molecule has 0 unspecified atom stereocenters. The maximum Gasteiger partial charge on any atom is 0.224 e. The third kappa shape index (κ3) is 4.63. The minimum Gasteiger partial charge on any atom is -0.508 e. The quantitative estimate of drug-likeness (QED) is 0.751. The largest absolute Gasteiger partial charge is 0.508 e. The van der Waals surface area contributed by atoms with Gasteiger partial charge >= 0.3 is 0 Å². The molecule has 0 saturated carbocycles. The fourth-order valence-corrected chi connectivity index (χ4v) is 2.60. The van der Waals surface area contributed by atoms with Gasteiger partial charge in [-0.15, -0.1) is 11.3 Å². The molecule has 0 spiro atoms. The number of nitrogens with two attached hydrogens (primary N) is 1. The number of aromatic hydroxyl groups is 1. The summed E-state index contributed by atoms with van der Waals surface area (Å²) in [6.45, 7) is 0.767. The molecule has 0 aliphatic rings. The number of phenols is 1. The van der Waals surface area contributed by atoms with E-state index in [9.17, 15) is 9.90 Å². The number of hydrogen-bond donors (Lipinski definition) is 3. The summed E-state index contributed by atoms with van der Waals surface area (Å²) in [5, 5.41) is 14.2. The molecular weight excluding hydrogens is 284 g/mol. The minimum atomic E-state index is -0.0910. The summed E-state index contributed by atoms with van der Waals surface area (Å²) in [7, 11) is 0. The molecule has 5 heteroatoms.